The third kappa shape index (κ3) is 4.94. The van der Waals surface area contributed by atoms with Crippen LogP contribution in [0.5, 0.6) is 0 Å². The molecule has 2 N–H and O–H groups in total. The Kier molecular flexibility index (Phi) is 7.83. The summed E-state index contributed by atoms with van der Waals surface area (Å²) in [5, 5.41) is 15.2. The summed E-state index contributed by atoms with van der Waals surface area (Å²) in [5.74, 6) is 1.69. The molecular weight excluding hydrogens is 507 g/mol. The van der Waals surface area contributed by atoms with Gasteiger partial charge in [-0.15, -0.1) is 34.2 Å². The first kappa shape index (κ1) is 20.6. The Labute approximate surface area is 178 Å². The summed E-state index contributed by atoms with van der Waals surface area (Å²) >= 11 is 3.59. The van der Waals surface area contributed by atoms with Crippen LogP contribution in [0.15, 0.2) is 58.1 Å². The van der Waals surface area contributed by atoms with Gasteiger partial charge in [0, 0.05) is 30.7 Å². The molecule has 0 saturated heterocycles. The van der Waals surface area contributed by atoms with Crippen LogP contribution in [0.1, 0.15) is 24.4 Å². The third-order valence-corrected chi connectivity index (χ3v) is 4.70. The molecule has 2 aromatic heterocycles. The number of rotatable bonds is 5. The lowest BCUT2D eigenvalue weighted by Crippen LogP contribution is -2.39. The van der Waals surface area contributed by atoms with Gasteiger partial charge >= 0.3 is 0 Å². The molecule has 26 heavy (non-hydrogen) atoms. The smallest absolute Gasteiger partial charge is 0.191 e. The molecule has 0 amide bonds. The first-order valence-corrected chi connectivity index (χ1v) is 8.98. The van der Waals surface area contributed by atoms with Crippen molar-refractivity contribution in [2.75, 3.05) is 13.6 Å². The van der Waals surface area contributed by atoms with E-state index in [1.807, 2.05) is 47.0 Å². The summed E-state index contributed by atoms with van der Waals surface area (Å²) in [4.78, 5) is 4.30. The molecule has 0 bridgehead atoms. The average Bonchev–Trinajstić information content (AvgIpc) is 3.04. The molecule has 3 rings (SSSR count). The van der Waals surface area contributed by atoms with E-state index in [0.717, 1.165) is 34.9 Å². The molecule has 0 fully saturated rings. The summed E-state index contributed by atoms with van der Waals surface area (Å²) in [6.07, 6.45) is 2.74. The van der Waals surface area contributed by atoms with Crippen molar-refractivity contribution in [3.05, 3.63) is 64.5 Å². The number of guanidine groups is 1. The molecule has 6 nitrogen and oxygen atoms in total. The zero-order valence-electron chi connectivity index (χ0n) is 14.7. The van der Waals surface area contributed by atoms with Gasteiger partial charge in [0.1, 0.15) is 5.82 Å². The van der Waals surface area contributed by atoms with Crippen molar-refractivity contribution in [2.24, 2.45) is 4.99 Å². The average molecular weight is 529 g/mol. The maximum atomic E-state index is 4.30. The number of aliphatic imine (C=N–C) groups is 1. The molecule has 1 atom stereocenters. The first-order valence-electron chi connectivity index (χ1n) is 8.19. The van der Waals surface area contributed by atoms with Crippen LogP contribution in [0.3, 0.4) is 0 Å². The number of fused-ring (bicyclic) bond motifs is 1. The van der Waals surface area contributed by atoms with Crippen molar-refractivity contribution < 1.29 is 0 Å². The molecule has 1 aromatic carbocycles. The van der Waals surface area contributed by atoms with Gasteiger partial charge in [-0.2, -0.15) is 0 Å². The van der Waals surface area contributed by atoms with Crippen molar-refractivity contribution in [2.45, 2.75) is 19.4 Å². The van der Waals surface area contributed by atoms with Gasteiger partial charge in [0.15, 0.2) is 11.6 Å². The number of hydrogen-bond donors (Lipinski definition) is 2. The molecule has 0 spiro atoms. The van der Waals surface area contributed by atoms with Crippen LogP contribution in [0.4, 0.5) is 0 Å². The van der Waals surface area contributed by atoms with E-state index in [-0.39, 0.29) is 30.0 Å². The monoisotopic (exact) mass is 528 g/mol. The van der Waals surface area contributed by atoms with Gasteiger partial charge in [-0.25, -0.2) is 0 Å². The van der Waals surface area contributed by atoms with E-state index in [0.29, 0.717) is 0 Å². The van der Waals surface area contributed by atoms with Gasteiger partial charge in [-0.1, -0.05) is 40.2 Å². The Bertz CT molecular complexity index is 879. The number of pyridine rings is 1. The summed E-state index contributed by atoms with van der Waals surface area (Å²) in [6, 6.07) is 14.2. The van der Waals surface area contributed by atoms with E-state index >= 15 is 0 Å². The zero-order valence-corrected chi connectivity index (χ0v) is 18.6. The van der Waals surface area contributed by atoms with Gasteiger partial charge in [-0.3, -0.25) is 9.39 Å². The topological polar surface area (TPSA) is 66.6 Å². The minimum atomic E-state index is 0. The van der Waals surface area contributed by atoms with Gasteiger partial charge in [0.25, 0.3) is 0 Å². The predicted octanol–water partition coefficient (Wildman–Crippen LogP) is 3.58. The molecule has 0 aliphatic rings. The molecule has 138 valence electrons. The summed E-state index contributed by atoms with van der Waals surface area (Å²) in [6.45, 7) is 2.83. The van der Waals surface area contributed by atoms with E-state index < -0.39 is 0 Å². The van der Waals surface area contributed by atoms with Crippen molar-refractivity contribution >= 4 is 51.5 Å². The lowest BCUT2D eigenvalue weighted by Gasteiger charge is -2.19. The van der Waals surface area contributed by atoms with Crippen LogP contribution in [-0.2, 0) is 6.42 Å². The summed E-state index contributed by atoms with van der Waals surface area (Å²) in [5.41, 5.74) is 2.05. The summed E-state index contributed by atoms with van der Waals surface area (Å²) < 4.78 is 3.09. The Morgan fingerprint density at radius 3 is 2.73 bits per heavy atom. The van der Waals surface area contributed by atoms with Crippen LogP contribution in [0.2, 0.25) is 0 Å². The van der Waals surface area contributed by atoms with Gasteiger partial charge in [0.05, 0.1) is 6.04 Å². The normalized spacial score (nSPS) is 12.5. The number of nitrogens with zero attached hydrogens (tertiary/aromatic N) is 4. The molecule has 0 radical (unpaired) electrons. The highest BCUT2D eigenvalue weighted by atomic mass is 127. The largest absolute Gasteiger partial charge is 0.356 e. The second-order valence-corrected chi connectivity index (χ2v) is 6.54. The Balaban J connectivity index is 0.00000243. The quantitative estimate of drug-likeness (QED) is 0.302. The second-order valence-electron chi connectivity index (χ2n) is 5.68. The van der Waals surface area contributed by atoms with E-state index in [1.165, 1.54) is 5.56 Å². The van der Waals surface area contributed by atoms with E-state index in [9.17, 15) is 0 Å². The van der Waals surface area contributed by atoms with Crippen molar-refractivity contribution in [1.82, 2.24) is 25.2 Å². The number of hydrogen-bond acceptors (Lipinski definition) is 3. The van der Waals surface area contributed by atoms with Crippen LogP contribution >= 0.6 is 39.9 Å². The molecule has 8 heteroatoms. The van der Waals surface area contributed by atoms with Gasteiger partial charge < -0.3 is 10.6 Å². The van der Waals surface area contributed by atoms with Gasteiger partial charge in [0.2, 0.25) is 0 Å². The van der Waals surface area contributed by atoms with Crippen molar-refractivity contribution in [3.63, 3.8) is 0 Å². The van der Waals surface area contributed by atoms with Crippen LogP contribution in [0, 0.1) is 0 Å². The maximum absolute atomic E-state index is 4.30. The fraction of sp³-hybridized carbons (Fsp3) is 0.278. The Morgan fingerprint density at radius 1 is 1.19 bits per heavy atom. The number of benzene rings is 1. The fourth-order valence-corrected chi connectivity index (χ4v) is 3.29. The highest BCUT2D eigenvalue weighted by molar-refractivity contribution is 14.0. The maximum Gasteiger partial charge on any atom is 0.191 e. The molecule has 1 unspecified atom stereocenters. The third-order valence-electron chi connectivity index (χ3n) is 3.97. The number of nitrogens with one attached hydrogen (secondary N) is 2. The molecule has 0 saturated carbocycles. The molecule has 2 heterocycles. The van der Waals surface area contributed by atoms with Crippen LogP contribution < -0.4 is 10.6 Å². The van der Waals surface area contributed by atoms with Crippen LogP contribution in [0.25, 0.3) is 5.65 Å². The lowest BCUT2D eigenvalue weighted by molar-refractivity contribution is 0.677. The molecular formula is C18H22BrIN6. The Morgan fingerprint density at radius 2 is 1.96 bits per heavy atom. The molecule has 0 aliphatic heterocycles. The van der Waals surface area contributed by atoms with E-state index in [2.05, 4.69) is 54.7 Å². The number of halogens is 2. The molecule has 0 aliphatic carbocycles. The highest BCUT2D eigenvalue weighted by Gasteiger charge is 2.11. The Hall–Kier alpha value is -1.68. The summed E-state index contributed by atoms with van der Waals surface area (Å²) in [7, 11) is 1.77. The first-order chi connectivity index (χ1) is 12.2. The lowest BCUT2D eigenvalue weighted by atomic mass is 10.1. The second kappa shape index (κ2) is 9.86. The zero-order chi connectivity index (χ0) is 17.6. The minimum Gasteiger partial charge on any atom is -0.356 e. The molecule has 3 aromatic rings. The van der Waals surface area contributed by atoms with Crippen molar-refractivity contribution in [3.8, 4) is 0 Å². The SMILES string of the molecule is CN=C(NCCc1nnc2ccccn12)NC(C)c1ccccc1Br.I. The predicted molar refractivity (Wildman–Crippen MR) is 119 cm³/mol. The standard InChI is InChI=1S/C18H21BrN6.HI/c1-13(14-7-3-4-8-15(14)19)22-18(20-2)21-11-10-17-24-23-16-9-5-6-12-25(16)17;/h3-9,12-13H,10-11H2,1-2H3,(H2,20,21,22);1H. The van der Waals surface area contributed by atoms with Crippen molar-refractivity contribution in [1.29, 1.82) is 0 Å². The number of aromatic nitrogens is 3. The van der Waals surface area contributed by atoms with Gasteiger partial charge in [-0.05, 0) is 30.7 Å². The minimum absolute atomic E-state index is 0. The fourth-order valence-electron chi connectivity index (χ4n) is 2.66. The van der Waals surface area contributed by atoms with Crippen LogP contribution in [-0.4, -0.2) is 34.2 Å². The van der Waals surface area contributed by atoms with E-state index in [4.69, 9.17) is 0 Å². The van der Waals surface area contributed by atoms with E-state index in [1.54, 1.807) is 7.05 Å². The highest BCUT2D eigenvalue weighted by Crippen LogP contribution is 2.22.